The second-order valence-corrected chi connectivity index (χ2v) is 4.52. The van der Waals surface area contributed by atoms with Crippen molar-refractivity contribution in [1.29, 1.82) is 0 Å². The fourth-order valence-electron chi connectivity index (χ4n) is 2.23. The summed E-state index contributed by atoms with van der Waals surface area (Å²) in [4.78, 5) is 18.6. The lowest BCUT2D eigenvalue weighted by atomic mass is 10.1. The average Bonchev–Trinajstić information content (AvgIpc) is 2.46. The number of hydrogen-bond donors (Lipinski definition) is 0. The van der Waals surface area contributed by atoms with Crippen molar-refractivity contribution >= 4 is 5.91 Å². The highest BCUT2D eigenvalue weighted by Crippen LogP contribution is 2.15. The molecular weight excluding hydrogens is 228 g/mol. The molecule has 2 rings (SSSR count). The van der Waals surface area contributed by atoms with Crippen molar-refractivity contribution < 1.29 is 9.53 Å². The van der Waals surface area contributed by atoms with Gasteiger partial charge in [-0.25, -0.2) is 0 Å². The van der Waals surface area contributed by atoms with E-state index >= 15 is 0 Å². The average molecular weight is 248 g/mol. The third kappa shape index (κ3) is 2.70. The first kappa shape index (κ1) is 13.0. The van der Waals surface area contributed by atoms with E-state index in [1.165, 1.54) is 0 Å². The number of rotatable bonds is 3. The molecule has 1 aliphatic rings. The molecule has 0 bridgehead atoms. The number of nitrogens with zero attached hydrogens (tertiary/aromatic N) is 2. The van der Waals surface area contributed by atoms with Crippen LogP contribution in [0.4, 0.5) is 0 Å². The van der Waals surface area contributed by atoms with Crippen molar-refractivity contribution in [3.05, 3.63) is 29.6 Å². The van der Waals surface area contributed by atoms with Crippen molar-refractivity contribution in [2.45, 2.75) is 32.7 Å². The van der Waals surface area contributed by atoms with E-state index in [1.807, 2.05) is 17.9 Å². The molecule has 0 N–H and O–H groups in total. The van der Waals surface area contributed by atoms with Crippen molar-refractivity contribution in [1.82, 2.24) is 9.88 Å². The third-order valence-corrected chi connectivity index (χ3v) is 3.39. The van der Waals surface area contributed by atoms with Gasteiger partial charge in [0.2, 0.25) is 0 Å². The molecule has 1 fully saturated rings. The maximum atomic E-state index is 12.5. The van der Waals surface area contributed by atoms with Crippen molar-refractivity contribution in [2.24, 2.45) is 0 Å². The lowest BCUT2D eigenvalue weighted by Crippen LogP contribution is -2.48. The van der Waals surface area contributed by atoms with Gasteiger partial charge in [0.05, 0.1) is 19.3 Å². The second-order valence-electron chi connectivity index (χ2n) is 4.52. The zero-order chi connectivity index (χ0) is 13.0. The van der Waals surface area contributed by atoms with E-state index in [0.29, 0.717) is 19.8 Å². The number of aryl methyl sites for hydroxylation is 1. The van der Waals surface area contributed by atoms with Crippen LogP contribution in [0.2, 0.25) is 0 Å². The predicted octanol–water partition coefficient (Wildman–Crippen LogP) is 1.90. The van der Waals surface area contributed by atoms with Crippen LogP contribution in [0.25, 0.3) is 0 Å². The topological polar surface area (TPSA) is 42.4 Å². The summed E-state index contributed by atoms with van der Waals surface area (Å²) in [7, 11) is 0. The van der Waals surface area contributed by atoms with Gasteiger partial charge in [-0.1, -0.05) is 13.8 Å². The zero-order valence-corrected chi connectivity index (χ0v) is 11.1. The molecule has 1 aliphatic heterocycles. The van der Waals surface area contributed by atoms with Gasteiger partial charge in [-0.2, -0.15) is 0 Å². The minimum Gasteiger partial charge on any atom is -0.377 e. The number of pyridine rings is 1. The summed E-state index contributed by atoms with van der Waals surface area (Å²) in [6.07, 6.45) is 3.49. The lowest BCUT2D eigenvalue weighted by molar-refractivity contribution is -0.00280. The first-order chi connectivity index (χ1) is 8.76. The Morgan fingerprint density at radius 2 is 2.39 bits per heavy atom. The van der Waals surface area contributed by atoms with Crippen LogP contribution in [0.5, 0.6) is 0 Å². The first-order valence-electron chi connectivity index (χ1n) is 6.59. The molecule has 0 spiro atoms. The summed E-state index contributed by atoms with van der Waals surface area (Å²) in [5.41, 5.74) is 1.70. The molecule has 4 nitrogen and oxygen atoms in total. The van der Waals surface area contributed by atoms with Crippen LogP contribution in [-0.2, 0) is 11.2 Å². The standard InChI is InChI=1S/C14H20N2O2/c1-3-12-9-11(5-6-15-12)14(17)16-7-8-18-10-13(16)4-2/h5-6,9,13H,3-4,7-8,10H2,1-2H3/t13-/m0/s1. The van der Waals surface area contributed by atoms with Gasteiger partial charge in [-0.3, -0.25) is 9.78 Å². The number of hydrogen-bond acceptors (Lipinski definition) is 3. The van der Waals surface area contributed by atoms with Crippen LogP contribution in [0.3, 0.4) is 0 Å². The van der Waals surface area contributed by atoms with Gasteiger partial charge >= 0.3 is 0 Å². The van der Waals surface area contributed by atoms with Crippen LogP contribution in [0.15, 0.2) is 18.3 Å². The molecule has 4 heteroatoms. The van der Waals surface area contributed by atoms with Gasteiger partial charge in [0, 0.05) is 24.0 Å². The van der Waals surface area contributed by atoms with Crippen LogP contribution < -0.4 is 0 Å². The highest BCUT2D eigenvalue weighted by molar-refractivity contribution is 5.94. The third-order valence-electron chi connectivity index (χ3n) is 3.39. The van der Waals surface area contributed by atoms with E-state index in [0.717, 1.165) is 24.1 Å². The lowest BCUT2D eigenvalue weighted by Gasteiger charge is -2.35. The van der Waals surface area contributed by atoms with Gasteiger partial charge in [0.1, 0.15) is 0 Å². The van der Waals surface area contributed by atoms with E-state index in [2.05, 4.69) is 11.9 Å². The first-order valence-corrected chi connectivity index (χ1v) is 6.59. The number of amides is 1. The van der Waals surface area contributed by atoms with Crippen LogP contribution in [0.1, 0.15) is 36.3 Å². The number of aromatic nitrogens is 1. The molecule has 0 aliphatic carbocycles. The number of carbonyl (C=O) groups excluding carboxylic acids is 1. The molecule has 18 heavy (non-hydrogen) atoms. The summed E-state index contributed by atoms with van der Waals surface area (Å²) >= 11 is 0. The van der Waals surface area contributed by atoms with E-state index in [4.69, 9.17) is 4.74 Å². The van der Waals surface area contributed by atoms with Crippen LogP contribution in [-0.4, -0.2) is 41.6 Å². The highest BCUT2D eigenvalue weighted by Gasteiger charge is 2.26. The Hall–Kier alpha value is -1.42. The maximum Gasteiger partial charge on any atom is 0.254 e. The van der Waals surface area contributed by atoms with Gasteiger partial charge < -0.3 is 9.64 Å². The van der Waals surface area contributed by atoms with Gasteiger partial charge in [-0.15, -0.1) is 0 Å². The van der Waals surface area contributed by atoms with Gasteiger partial charge in [0.25, 0.3) is 5.91 Å². The normalized spacial score (nSPS) is 19.9. The largest absolute Gasteiger partial charge is 0.377 e. The summed E-state index contributed by atoms with van der Waals surface area (Å²) in [6, 6.07) is 3.89. The molecule has 1 amide bonds. The van der Waals surface area contributed by atoms with Crippen molar-refractivity contribution in [3.63, 3.8) is 0 Å². The Bertz CT molecular complexity index is 420. The fourth-order valence-corrected chi connectivity index (χ4v) is 2.23. The van der Waals surface area contributed by atoms with E-state index in [9.17, 15) is 4.79 Å². The van der Waals surface area contributed by atoms with Crippen molar-refractivity contribution in [2.75, 3.05) is 19.8 Å². The molecule has 2 heterocycles. The Morgan fingerprint density at radius 3 is 3.11 bits per heavy atom. The molecule has 0 aromatic carbocycles. The summed E-state index contributed by atoms with van der Waals surface area (Å²) in [5.74, 6) is 0.0993. The number of carbonyl (C=O) groups is 1. The molecule has 1 aromatic heterocycles. The van der Waals surface area contributed by atoms with Gasteiger partial charge in [0.15, 0.2) is 0 Å². The SMILES string of the molecule is CCc1cc(C(=O)N2CCOC[C@@H]2CC)ccn1. The van der Waals surface area contributed by atoms with E-state index in [1.54, 1.807) is 12.3 Å². The molecule has 0 unspecified atom stereocenters. The van der Waals surface area contributed by atoms with E-state index in [-0.39, 0.29) is 11.9 Å². The Labute approximate surface area is 108 Å². The molecule has 0 saturated carbocycles. The summed E-state index contributed by atoms with van der Waals surface area (Å²) in [6.45, 7) is 6.09. The summed E-state index contributed by atoms with van der Waals surface area (Å²) in [5, 5.41) is 0. The highest BCUT2D eigenvalue weighted by atomic mass is 16.5. The maximum absolute atomic E-state index is 12.5. The van der Waals surface area contributed by atoms with Crippen LogP contribution >= 0.6 is 0 Å². The Kier molecular flexibility index (Phi) is 4.31. The Balaban J connectivity index is 2.18. The van der Waals surface area contributed by atoms with Gasteiger partial charge in [-0.05, 0) is 25.0 Å². The van der Waals surface area contributed by atoms with Crippen molar-refractivity contribution in [3.8, 4) is 0 Å². The monoisotopic (exact) mass is 248 g/mol. The minimum atomic E-state index is 0.0993. The number of morpholine rings is 1. The minimum absolute atomic E-state index is 0.0993. The van der Waals surface area contributed by atoms with E-state index < -0.39 is 0 Å². The van der Waals surface area contributed by atoms with Crippen LogP contribution in [0, 0.1) is 0 Å². The fraction of sp³-hybridized carbons (Fsp3) is 0.571. The summed E-state index contributed by atoms with van der Waals surface area (Å²) < 4.78 is 5.43. The molecule has 1 atom stereocenters. The molecule has 1 aromatic rings. The molecule has 98 valence electrons. The quantitative estimate of drug-likeness (QED) is 0.820. The zero-order valence-electron chi connectivity index (χ0n) is 11.1. The number of ether oxygens (including phenoxy) is 1. The molecular formula is C14H20N2O2. The smallest absolute Gasteiger partial charge is 0.254 e. The second kappa shape index (κ2) is 5.96. The molecule has 1 saturated heterocycles. The Morgan fingerprint density at radius 1 is 1.56 bits per heavy atom. The molecule has 0 radical (unpaired) electrons. The predicted molar refractivity (Wildman–Crippen MR) is 69.5 cm³/mol.